The molecule has 7 heteroatoms. The molecule has 0 unspecified atom stereocenters. The van der Waals surface area contributed by atoms with Gasteiger partial charge in [-0.05, 0) is 62.4 Å². The number of anilines is 1. The van der Waals surface area contributed by atoms with Crippen LogP contribution in [-0.4, -0.2) is 32.5 Å². The molecule has 1 N–H and O–H groups in total. The number of sulfonamides is 1. The lowest BCUT2D eigenvalue weighted by molar-refractivity contribution is -0.129. The maximum atomic E-state index is 13.4. The Morgan fingerprint density at radius 2 is 1.74 bits per heavy atom. The van der Waals surface area contributed by atoms with E-state index in [1.807, 2.05) is 26.8 Å². The number of benzene rings is 2. The number of rotatable bonds is 5. The van der Waals surface area contributed by atoms with Gasteiger partial charge >= 0.3 is 0 Å². The van der Waals surface area contributed by atoms with E-state index in [2.05, 4.69) is 26.1 Å². The number of hydrogen-bond donors (Lipinski definition) is 1. The zero-order valence-corrected chi connectivity index (χ0v) is 19.9. The second kappa shape index (κ2) is 8.19. The Hall–Kier alpha value is -2.54. The van der Waals surface area contributed by atoms with Crippen molar-refractivity contribution in [3.8, 4) is 5.75 Å². The fourth-order valence-electron chi connectivity index (χ4n) is 4.23. The van der Waals surface area contributed by atoms with Gasteiger partial charge in [-0.3, -0.25) is 9.10 Å². The Bertz CT molecular complexity index is 1060. The summed E-state index contributed by atoms with van der Waals surface area (Å²) in [6.45, 7) is 12.1. The Kier molecular flexibility index (Phi) is 6.11. The third-order valence-corrected chi connectivity index (χ3v) is 6.84. The van der Waals surface area contributed by atoms with E-state index in [0.29, 0.717) is 11.4 Å². The first-order valence-corrected chi connectivity index (χ1v) is 11.9. The van der Waals surface area contributed by atoms with Crippen LogP contribution in [0.4, 0.5) is 5.69 Å². The van der Waals surface area contributed by atoms with Crippen molar-refractivity contribution in [1.29, 1.82) is 0 Å². The molecule has 0 spiro atoms. The number of aryl methyl sites for hydroxylation is 1. The van der Waals surface area contributed by atoms with Crippen LogP contribution in [0.5, 0.6) is 5.75 Å². The molecule has 1 aliphatic rings. The molecule has 1 aliphatic heterocycles. The normalized spacial score (nSPS) is 17.0. The van der Waals surface area contributed by atoms with Crippen molar-refractivity contribution in [2.45, 2.75) is 64.5 Å². The molecule has 1 atom stereocenters. The van der Waals surface area contributed by atoms with Crippen LogP contribution < -0.4 is 14.4 Å². The quantitative estimate of drug-likeness (QED) is 0.747. The molecule has 0 saturated heterocycles. The number of nitrogens with zero attached hydrogens (tertiary/aromatic N) is 1. The molecule has 0 bridgehead atoms. The highest BCUT2D eigenvalue weighted by Gasteiger charge is 2.39. The summed E-state index contributed by atoms with van der Waals surface area (Å²) in [6.07, 6.45) is -0.188. The zero-order chi connectivity index (χ0) is 23.0. The predicted molar refractivity (Wildman–Crippen MR) is 123 cm³/mol. The highest BCUT2D eigenvalue weighted by Crippen LogP contribution is 2.38. The first-order chi connectivity index (χ1) is 14.3. The Morgan fingerprint density at radius 1 is 1.10 bits per heavy atom. The SMILES string of the molecule is Cc1ccc2c(c1)O[C@H](C(=O)NC(C)(C)CC(C)(C)C)CN2S(=O)(=O)c1ccccc1. The van der Waals surface area contributed by atoms with Crippen molar-refractivity contribution in [3.05, 3.63) is 54.1 Å². The first kappa shape index (κ1) is 23.1. The second-order valence-electron chi connectivity index (χ2n) is 10.0. The van der Waals surface area contributed by atoms with Crippen LogP contribution in [0.3, 0.4) is 0 Å². The molecule has 0 aliphatic carbocycles. The molecule has 1 amide bonds. The summed E-state index contributed by atoms with van der Waals surface area (Å²) in [5.41, 5.74) is 0.920. The van der Waals surface area contributed by atoms with Crippen molar-refractivity contribution in [3.63, 3.8) is 0 Å². The van der Waals surface area contributed by atoms with Gasteiger partial charge in [0.05, 0.1) is 17.1 Å². The average molecular weight is 445 g/mol. The number of nitrogens with one attached hydrogen (secondary N) is 1. The molecule has 1 heterocycles. The van der Waals surface area contributed by atoms with Gasteiger partial charge in [0.25, 0.3) is 15.9 Å². The van der Waals surface area contributed by atoms with E-state index in [1.165, 1.54) is 4.31 Å². The average Bonchev–Trinajstić information content (AvgIpc) is 2.65. The summed E-state index contributed by atoms with van der Waals surface area (Å²) in [5.74, 6) is 0.0641. The molecule has 2 aromatic rings. The lowest BCUT2D eigenvalue weighted by Gasteiger charge is -2.38. The number of fused-ring (bicyclic) bond motifs is 1. The largest absolute Gasteiger partial charge is 0.476 e. The standard InChI is InChI=1S/C24H32N2O4S/c1-17-12-13-19-20(14-17)30-21(22(27)25-24(5,6)16-23(2,3)4)15-26(19)31(28,29)18-10-8-7-9-11-18/h7-14,21H,15-16H2,1-6H3,(H,25,27)/t21-/m0/s1. The fraction of sp³-hybridized carbons (Fsp3) is 0.458. The fourth-order valence-corrected chi connectivity index (χ4v) is 5.73. The molecule has 0 fully saturated rings. The summed E-state index contributed by atoms with van der Waals surface area (Å²) in [7, 11) is -3.85. The summed E-state index contributed by atoms with van der Waals surface area (Å²) < 4.78 is 34.1. The molecular weight excluding hydrogens is 412 g/mol. The van der Waals surface area contributed by atoms with Crippen molar-refractivity contribution >= 4 is 21.6 Å². The van der Waals surface area contributed by atoms with E-state index in [0.717, 1.165) is 12.0 Å². The summed E-state index contributed by atoms with van der Waals surface area (Å²) in [5, 5.41) is 3.05. The van der Waals surface area contributed by atoms with Gasteiger partial charge in [-0.25, -0.2) is 8.42 Å². The molecular formula is C24H32N2O4S. The summed E-state index contributed by atoms with van der Waals surface area (Å²) in [4.78, 5) is 13.3. The van der Waals surface area contributed by atoms with Gasteiger partial charge in [-0.2, -0.15) is 0 Å². The van der Waals surface area contributed by atoms with Crippen molar-refractivity contribution < 1.29 is 17.9 Å². The highest BCUT2D eigenvalue weighted by molar-refractivity contribution is 7.92. The molecule has 31 heavy (non-hydrogen) atoms. The molecule has 168 valence electrons. The van der Waals surface area contributed by atoms with Crippen molar-refractivity contribution in [2.75, 3.05) is 10.8 Å². The molecule has 6 nitrogen and oxygen atoms in total. The molecule has 2 aromatic carbocycles. The molecule has 3 rings (SSSR count). The molecule has 0 saturated carbocycles. The van der Waals surface area contributed by atoms with Crippen LogP contribution in [0.2, 0.25) is 0 Å². The number of hydrogen-bond acceptors (Lipinski definition) is 4. The van der Waals surface area contributed by atoms with Crippen LogP contribution in [0.15, 0.2) is 53.4 Å². The Morgan fingerprint density at radius 3 is 2.35 bits per heavy atom. The van der Waals surface area contributed by atoms with E-state index in [1.54, 1.807) is 42.5 Å². The van der Waals surface area contributed by atoms with Crippen LogP contribution in [0.25, 0.3) is 0 Å². The minimum absolute atomic E-state index is 0.0244. The zero-order valence-electron chi connectivity index (χ0n) is 19.1. The van der Waals surface area contributed by atoms with Gasteiger partial charge < -0.3 is 10.1 Å². The summed E-state index contributed by atoms with van der Waals surface area (Å²) >= 11 is 0. The van der Waals surface area contributed by atoms with Gasteiger partial charge in [0.1, 0.15) is 5.75 Å². The Labute approximate surface area is 185 Å². The van der Waals surface area contributed by atoms with Crippen molar-refractivity contribution in [2.24, 2.45) is 5.41 Å². The first-order valence-electron chi connectivity index (χ1n) is 10.5. The monoisotopic (exact) mass is 444 g/mol. The van der Waals surface area contributed by atoms with E-state index in [-0.39, 0.29) is 22.8 Å². The number of ether oxygens (including phenoxy) is 1. The van der Waals surface area contributed by atoms with Gasteiger partial charge in [-0.1, -0.05) is 45.0 Å². The molecule has 0 radical (unpaired) electrons. The van der Waals surface area contributed by atoms with Crippen LogP contribution >= 0.6 is 0 Å². The predicted octanol–water partition coefficient (Wildman–Crippen LogP) is 4.28. The van der Waals surface area contributed by atoms with E-state index < -0.39 is 21.7 Å². The van der Waals surface area contributed by atoms with Crippen LogP contribution in [0, 0.1) is 12.3 Å². The lowest BCUT2D eigenvalue weighted by Crippen LogP contribution is -2.55. The van der Waals surface area contributed by atoms with E-state index in [4.69, 9.17) is 4.74 Å². The van der Waals surface area contributed by atoms with Crippen LogP contribution in [-0.2, 0) is 14.8 Å². The third-order valence-electron chi connectivity index (χ3n) is 5.04. The van der Waals surface area contributed by atoms with Crippen molar-refractivity contribution in [1.82, 2.24) is 5.32 Å². The maximum absolute atomic E-state index is 13.4. The number of carbonyl (C=O) groups is 1. The minimum Gasteiger partial charge on any atom is -0.476 e. The number of amides is 1. The third kappa shape index (κ3) is 5.39. The van der Waals surface area contributed by atoms with Gasteiger partial charge in [0, 0.05) is 5.54 Å². The van der Waals surface area contributed by atoms with E-state index >= 15 is 0 Å². The second-order valence-corrected chi connectivity index (χ2v) is 11.9. The van der Waals surface area contributed by atoms with E-state index in [9.17, 15) is 13.2 Å². The topological polar surface area (TPSA) is 75.7 Å². The Balaban J connectivity index is 1.94. The molecule has 0 aromatic heterocycles. The van der Waals surface area contributed by atoms with Gasteiger partial charge in [0.2, 0.25) is 0 Å². The van der Waals surface area contributed by atoms with Crippen LogP contribution in [0.1, 0.15) is 46.6 Å². The van der Waals surface area contributed by atoms with Gasteiger partial charge in [0.15, 0.2) is 6.10 Å². The lowest BCUT2D eigenvalue weighted by atomic mass is 9.81. The highest BCUT2D eigenvalue weighted by atomic mass is 32.2. The minimum atomic E-state index is -3.85. The maximum Gasteiger partial charge on any atom is 0.264 e. The summed E-state index contributed by atoms with van der Waals surface area (Å²) in [6, 6.07) is 13.6. The van der Waals surface area contributed by atoms with Gasteiger partial charge in [-0.15, -0.1) is 0 Å². The number of carbonyl (C=O) groups excluding carboxylic acids is 1. The smallest absolute Gasteiger partial charge is 0.264 e.